The Hall–Kier alpha value is -3.24. The van der Waals surface area contributed by atoms with E-state index >= 15 is 0 Å². The third-order valence-corrected chi connectivity index (χ3v) is 5.26. The molecule has 1 aromatic carbocycles. The predicted octanol–water partition coefficient (Wildman–Crippen LogP) is 3.07. The molecule has 140 valence electrons. The van der Waals surface area contributed by atoms with Crippen LogP contribution in [0.5, 0.6) is 0 Å². The lowest BCUT2D eigenvalue weighted by Gasteiger charge is -2.27. The summed E-state index contributed by atoms with van der Waals surface area (Å²) in [7, 11) is 0. The van der Waals surface area contributed by atoms with Gasteiger partial charge in [-0.15, -0.1) is 10.2 Å². The van der Waals surface area contributed by atoms with Gasteiger partial charge in [0.2, 0.25) is 12.3 Å². The maximum atomic E-state index is 5.24. The number of imidazole rings is 1. The molecule has 0 fully saturated rings. The third-order valence-electron chi connectivity index (χ3n) is 4.26. The Kier molecular flexibility index (Phi) is 4.26. The fourth-order valence-corrected chi connectivity index (χ4v) is 3.90. The third kappa shape index (κ3) is 3.35. The van der Waals surface area contributed by atoms with E-state index in [0.717, 1.165) is 34.4 Å². The van der Waals surface area contributed by atoms with E-state index in [-0.39, 0.29) is 0 Å². The summed E-state index contributed by atoms with van der Waals surface area (Å²) in [6.07, 6.45) is 5.07. The molecule has 0 saturated heterocycles. The predicted molar refractivity (Wildman–Crippen MR) is 104 cm³/mol. The molecule has 0 atom stereocenters. The topological polar surface area (TPSA) is 101 Å². The molecular weight excluding hydrogens is 376 g/mol. The number of benzene rings is 1. The lowest BCUT2D eigenvalue weighted by Crippen LogP contribution is -2.35. The maximum absolute atomic E-state index is 5.24. The summed E-state index contributed by atoms with van der Waals surface area (Å²) in [5, 5.41) is 14.8. The van der Waals surface area contributed by atoms with Crippen molar-refractivity contribution in [1.29, 1.82) is 0 Å². The Labute approximate surface area is 164 Å². The SMILES string of the molecule is Cc1cc(N=C2CN(Sc3ccc(-c4nnco4)cc3)Cc3nccn32)n[nH]1. The van der Waals surface area contributed by atoms with E-state index in [4.69, 9.17) is 9.41 Å². The molecule has 0 bridgehead atoms. The molecule has 9 nitrogen and oxygen atoms in total. The molecule has 10 heteroatoms. The van der Waals surface area contributed by atoms with Crippen molar-refractivity contribution in [3.63, 3.8) is 0 Å². The van der Waals surface area contributed by atoms with Crippen LogP contribution in [0.3, 0.4) is 0 Å². The summed E-state index contributed by atoms with van der Waals surface area (Å²) < 4.78 is 9.49. The van der Waals surface area contributed by atoms with Crippen LogP contribution in [0.2, 0.25) is 0 Å². The number of aromatic amines is 1. The molecule has 1 aliphatic rings. The minimum Gasteiger partial charge on any atom is -0.423 e. The number of aromatic nitrogens is 6. The molecule has 1 aliphatic heterocycles. The highest BCUT2D eigenvalue weighted by molar-refractivity contribution is 7.97. The van der Waals surface area contributed by atoms with Gasteiger partial charge in [-0.1, -0.05) is 0 Å². The number of hydrogen-bond acceptors (Lipinski definition) is 8. The van der Waals surface area contributed by atoms with Crippen LogP contribution in [0.1, 0.15) is 11.5 Å². The maximum Gasteiger partial charge on any atom is 0.247 e. The molecule has 4 heterocycles. The normalized spacial score (nSPS) is 15.8. The van der Waals surface area contributed by atoms with Gasteiger partial charge in [0.05, 0.1) is 13.1 Å². The zero-order valence-corrected chi connectivity index (χ0v) is 15.8. The average Bonchev–Trinajstić information content (AvgIpc) is 3.44. The summed E-state index contributed by atoms with van der Waals surface area (Å²) in [6.45, 7) is 3.35. The Bertz CT molecular complexity index is 1110. The fraction of sp³-hybridized carbons (Fsp3) is 0.167. The second-order valence-electron chi connectivity index (χ2n) is 6.31. The number of H-pyrrole nitrogens is 1. The van der Waals surface area contributed by atoms with Crippen LogP contribution in [0, 0.1) is 6.92 Å². The Morgan fingerprint density at radius 1 is 1.21 bits per heavy atom. The number of aliphatic imine (C=N–C) groups is 1. The molecular formula is C18H16N8OS. The first-order chi connectivity index (χ1) is 13.7. The number of nitrogens with zero attached hydrogens (tertiary/aromatic N) is 7. The Balaban J connectivity index is 1.37. The van der Waals surface area contributed by atoms with Gasteiger partial charge in [0.25, 0.3) is 0 Å². The van der Waals surface area contributed by atoms with Gasteiger partial charge in [-0.2, -0.15) is 5.10 Å². The van der Waals surface area contributed by atoms with Crippen LogP contribution >= 0.6 is 11.9 Å². The molecule has 1 N–H and O–H groups in total. The van der Waals surface area contributed by atoms with E-state index in [9.17, 15) is 0 Å². The van der Waals surface area contributed by atoms with Crippen LogP contribution in [0.25, 0.3) is 11.5 Å². The fourth-order valence-electron chi connectivity index (χ4n) is 2.99. The Morgan fingerprint density at radius 2 is 2.11 bits per heavy atom. The monoisotopic (exact) mass is 392 g/mol. The van der Waals surface area contributed by atoms with Crippen molar-refractivity contribution < 1.29 is 4.42 Å². The quantitative estimate of drug-likeness (QED) is 0.533. The highest BCUT2D eigenvalue weighted by Crippen LogP contribution is 2.29. The Morgan fingerprint density at radius 3 is 2.86 bits per heavy atom. The van der Waals surface area contributed by atoms with Crippen molar-refractivity contribution in [2.45, 2.75) is 18.4 Å². The van der Waals surface area contributed by atoms with Crippen LogP contribution in [0.4, 0.5) is 5.82 Å². The molecule has 3 aromatic heterocycles. The van der Waals surface area contributed by atoms with Gasteiger partial charge in [-0.3, -0.25) is 9.67 Å². The highest BCUT2D eigenvalue weighted by Gasteiger charge is 2.23. The minimum absolute atomic E-state index is 0.514. The van der Waals surface area contributed by atoms with Crippen molar-refractivity contribution in [3.8, 4) is 11.5 Å². The smallest absolute Gasteiger partial charge is 0.247 e. The molecule has 0 unspecified atom stereocenters. The van der Waals surface area contributed by atoms with Gasteiger partial charge in [0.15, 0.2) is 5.82 Å². The molecule has 0 radical (unpaired) electrons. The van der Waals surface area contributed by atoms with Gasteiger partial charge in [-0.25, -0.2) is 14.3 Å². The second-order valence-corrected chi connectivity index (χ2v) is 7.48. The average molecular weight is 392 g/mol. The molecule has 28 heavy (non-hydrogen) atoms. The van der Waals surface area contributed by atoms with Crippen molar-refractivity contribution in [2.24, 2.45) is 4.99 Å². The molecule has 4 aromatic rings. The molecule has 0 amide bonds. The number of aryl methyl sites for hydroxylation is 1. The van der Waals surface area contributed by atoms with Crippen LogP contribution in [-0.2, 0) is 6.54 Å². The van der Waals surface area contributed by atoms with Gasteiger partial charge in [-0.05, 0) is 43.1 Å². The standard InChI is InChI=1S/C18H16N8OS/c1-12-8-15(23-22-12)21-17-10-25(9-16-19-6-7-26(16)17)28-14-4-2-13(3-5-14)18-24-20-11-27-18/h2-8,11H,9-10H2,1H3,(H,22,23). The molecule has 0 saturated carbocycles. The zero-order chi connectivity index (χ0) is 18.9. The molecule has 0 spiro atoms. The van der Waals surface area contributed by atoms with Crippen LogP contribution in [0.15, 0.2) is 63.4 Å². The summed E-state index contributed by atoms with van der Waals surface area (Å²) in [5.74, 6) is 3.02. The molecule has 5 rings (SSSR count). The lowest BCUT2D eigenvalue weighted by molar-refractivity contribution is 0.479. The van der Waals surface area contributed by atoms with Crippen LogP contribution < -0.4 is 0 Å². The van der Waals surface area contributed by atoms with Crippen molar-refractivity contribution >= 4 is 23.6 Å². The largest absolute Gasteiger partial charge is 0.423 e. The van der Waals surface area contributed by atoms with Gasteiger partial charge < -0.3 is 4.42 Å². The first-order valence-corrected chi connectivity index (χ1v) is 9.43. The van der Waals surface area contributed by atoms with Gasteiger partial charge >= 0.3 is 0 Å². The van der Waals surface area contributed by atoms with Crippen molar-refractivity contribution in [3.05, 3.63) is 60.6 Å². The number of nitrogens with one attached hydrogen (secondary N) is 1. The highest BCUT2D eigenvalue weighted by atomic mass is 32.2. The molecule has 0 aliphatic carbocycles. The van der Waals surface area contributed by atoms with E-state index < -0.39 is 0 Å². The van der Waals surface area contributed by atoms with Gasteiger partial charge in [0.1, 0.15) is 11.7 Å². The van der Waals surface area contributed by atoms with Crippen LogP contribution in [-0.4, -0.2) is 46.6 Å². The van der Waals surface area contributed by atoms with E-state index in [1.807, 2.05) is 48.0 Å². The van der Waals surface area contributed by atoms with Crippen molar-refractivity contribution in [1.82, 2.24) is 34.3 Å². The first-order valence-electron chi connectivity index (χ1n) is 8.66. The van der Waals surface area contributed by atoms with E-state index in [1.165, 1.54) is 6.39 Å². The summed E-state index contributed by atoms with van der Waals surface area (Å²) in [6, 6.07) is 9.95. The minimum atomic E-state index is 0.514. The summed E-state index contributed by atoms with van der Waals surface area (Å²) >= 11 is 1.66. The van der Waals surface area contributed by atoms with E-state index in [2.05, 4.69) is 29.7 Å². The number of rotatable bonds is 4. The zero-order valence-electron chi connectivity index (χ0n) is 15.0. The summed E-state index contributed by atoms with van der Waals surface area (Å²) in [4.78, 5) is 10.3. The van der Waals surface area contributed by atoms with Gasteiger partial charge in [0, 0.05) is 34.6 Å². The first kappa shape index (κ1) is 16.9. The van der Waals surface area contributed by atoms with E-state index in [0.29, 0.717) is 18.3 Å². The number of fused-ring (bicyclic) bond motifs is 1. The van der Waals surface area contributed by atoms with Crippen molar-refractivity contribution in [2.75, 3.05) is 6.54 Å². The van der Waals surface area contributed by atoms with E-state index in [1.54, 1.807) is 18.1 Å². The lowest BCUT2D eigenvalue weighted by atomic mass is 10.2. The number of hydrogen-bond donors (Lipinski definition) is 1. The summed E-state index contributed by atoms with van der Waals surface area (Å²) in [5.41, 5.74) is 1.88. The second kappa shape index (κ2) is 7.06.